The van der Waals surface area contributed by atoms with Crippen LogP contribution in [0.15, 0.2) is 69.8 Å². The number of hydrogen-bond acceptors (Lipinski definition) is 2. The van der Waals surface area contributed by atoms with Gasteiger partial charge in [0, 0.05) is 28.1 Å². The van der Waals surface area contributed by atoms with E-state index in [0.717, 1.165) is 32.4 Å². The lowest BCUT2D eigenvalue weighted by Crippen LogP contribution is -1.90. The fourth-order valence-electron chi connectivity index (χ4n) is 2.55. The quantitative estimate of drug-likeness (QED) is 0.486. The summed E-state index contributed by atoms with van der Waals surface area (Å²) < 4.78 is 9.07. The third-order valence-corrected chi connectivity index (χ3v) is 4.18. The minimum absolute atomic E-state index is 0.648. The largest absolute Gasteiger partial charge is 0.436 e. The van der Waals surface area contributed by atoms with Crippen LogP contribution in [-0.4, -0.2) is 9.55 Å². The first kappa shape index (κ1) is 13.3. The lowest BCUT2D eigenvalue weighted by Gasteiger charge is -2.03. The average molecular weight is 353 g/mol. The molecule has 0 N–H and O–H groups in total. The molecule has 2 aromatic heterocycles. The van der Waals surface area contributed by atoms with Gasteiger partial charge in [-0.1, -0.05) is 15.9 Å². The van der Waals surface area contributed by atoms with Crippen LogP contribution in [-0.2, 0) is 0 Å². The Labute approximate surface area is 136 Å². The van der Waals surface area contributed by atoms with E-state index in [4.69, 9.17) is 4.42 Å². The van der Waals surface area contributed by atoms with Crippen LogP contribution in [0.4, 0.5) is 0 Å². The van der Waals surface area contributed by atoms with Crippen molar-refractivity contribution >= 4 is 27.0 Å². The molecule has 108 valence electrons. The van der Waals surface area contributed by atoms with Crippen molar-refractivity contribution in [1.29, 1.82) is 0 Å². The number of fused-ring (bicyclic) bond motifs is 1. The van der Waals surface area contributed by atoms with Crippen LogP contribution in [0.25, 0.3) is 28.2 Å². The van der Waals surface area contributed by atoms with E-state index in [1.165, 1.54) is 0 Å². The Hall–Kier alpha value is -2.33. The van der Waals surface area contributed by atoms with Crippen LogP contribution < -0.4 is 0 Å². The molecule has 2 heterocycles. The Morgan fingerprint density at radius 2 is 1.77 bits per heavy atom. The van der Waals surface area contributed by atoms with Crippen molar-refractivity contribution < 1.29 is 4.42 Å². The van der Waals surface area contributed by atoms with Crippen LogP contribution >= 0.6 is 15.9 Å². The smallest absolute Gasteiger partial charge is 0.227 e. The second kappa shape index (κ2) is 5.14. The molecule has 4 heteroatoms. The van der Waals surface area contributed by atoms with E-state index in [2.05, 4.69) is 31.5 Å². The molecule has 0 spiro atoms. The number of oxazole rings is 1. The molecule has 0 saturated carbocycles. The molecule has 0 aliphatic carbocycles. The Balaban J connectivity index is 1.87. The number of halogens is 1. The van der Waals surface area contributed by atoms with Gasteiger partial charge < -0.3 is 8.98 Å². The minimum Gasteiger partial charge on any atom is -0.436 e. The molecule has 4 rings (SSSR count). The summed E-state index contributed by atoms with van der Waals surface area (Å²) in [6, 6.07) is 16.1. The van der Waals surface area contributed by atoms with Gasteiger partial charge in [0.15, 0.2) is 5.58 Å². The predicted octanol–water partition coefficient (Wildman–Crippen LogP) is 5.36. The van der Waals surface area contributed by atoms with Gasteiger partial charge in [-0.15, -0.1) is 0 Å². The summed E-state index contributed by atoms with van der Waals surface area (Å²) in [5.41, 5.74) is 4.86. The summed E-state index contributed by atoms with van der Waals surface area (Å²) in [5.74, 6) is 0.648. The van der Waals surface area contributed by atoms with Gasteiger partial charge in [0.1, 0.15) is 5.52 Å². The highest BCUT2D eigenvalue weighted by Crippen LogP contribution is 2.29. The number of aryl methyl sites for hydroxylation is 1. The lowest BCUT2D eigenvalue weighted by atomic mass is 10.2. The van der Waals surface area contributed by atoms with E-state index < -0.39 is 0 Å². The van der Waals surface area contributed by atoms with E-state index in [-0.39, 0.29) is 0 Å². The summed E-state index contributed by atoms with van der Waals surface area (Å²) in [4.78, 5) is 4.65. The second-order valence-corrected chi connectivity index (χ2v) is 6.14. The van der Waals surface area contributed by atoms with Crippen molar-refractivity contribution in [3.05, 3.63) is 71.0 Å². The molecule has 0 aliphatic rings. The highest BCUT2D eigenvalue weighted by atomic mass is 79.9. The zero-order valence-corrected chi connectivity index (χ0v) is 13.5. The molecule has 22 heavy (non-hydrogen) atoms. The third-order valence-electron chi connectivity index (χ3n) is 3.65. The molecule has 3 nitrogen and oxygen atoms in total. The summed E-state index contributed by atoms with van der Waals surface area (Å²) in [5, 5.41) is 0. The Morgan fingerprint density at radius 1 is 1.05 bits per heavy atom. The van der Waals surface area contributed by atoms with Crippen molar-refractivity contribution in [2.75, 3.05) is 0 Å². The maximum atomic E-state index is 5.96. The number of nitrogens with zero attached hydrogens (tertiary/aromatic N) is 2. The molecule has 0 atom stereocenters. The average Bonchev–Trinajstić information content (AvgIpc) is 3.17. The second-order valence-electron chi connectivity index (χ2n) is 5.23. The monoisotopic (exact) mass is 352 g/mol. The number of benzene rings is 2. The van der Waals surface area contributed by atoms with E-state index in [0.29, 0.717) is 5.89 Å². The van der Waals surface area contributed by atoms with Crippen molar-refractivity contribution in [3.8, 4) is 17.1 Å². The van der Waals surface area contributed by atoms with Gasteiger partial charge in [0.2, 0.25) is 5.89 Å². The van der Waals surface area contributed by atoms with Gasteiger partial charge in [-0.25, -0.2) is 4.98 Å². The fourth-order valence-corrected chi connectivity index (χ4v) is 2.82. The van der Waals surface area contributed by atoms with Gasteiger partial charge in [0.25, 0.3) is 0 Å². The normalized spacial score (nSPS) is 11.2. The van der Waals surface area contributed by atoms with Gasteiger partial charge >= 0.3 is 0 Å². The maximum absolute atomic E-state index is 5.96. The third kappa shape index (κ3) is 2.25. The van der Waals surface area contributed by atoms with Gasteiger partial charge in [-0.05, 0) is 61.0 Å². The highest BCUT2D eigenvalue weighted by Gasteiger charge is 2.12. The summed E-state index contributed by atoms with van der Waals surface area (Å²) >= 11 is 3.44. The van der Waals surface area contributed by atoms with Crippen LogP contribution in [0, 0.1) is 6.92 Å². The molecule has 0 bridgehead atoms. The number of hydrogen-bond donors (Lipinski definition) is 0. The molecule has 4 aromatic rings. The van der Waals surface area contributed by atoms with E-state index in [1.807, 2.05) is 61.8 Å². The summed E-state index contributed by atoms with van der Waals surface area (Å²) in [6.45, 7) is 2.05. The van der Waals surface area contributed by atoms with E-state index in [1.54, 1.807) is 0 Å². The van der Waals surface area contributed by atoms with Crippen molar-refractivity contribution in [2.24, 2.45) is 0 Å². The highest BCUT2D eigenvalue weighted by molar-refractivity contribution is 9.10. The Morgan fingerprint density at radius 3 is 2.50 bits per heavy atom. The first-order valence-electron chi connectivity index (χ1n) is 7.01. The molecular formula is C18H13BrN2O. The van der Waals surface area contributed by atoms with Gasteiger partial charge in [0.05, 0.1) is 0 Å². The maximum Gasteiger partial charge on any atom is 0.227 e. The van der Waals surface area contributed by atoms with Crippen molar-refractivity contribution in [3.63, 3.8) is 0 Å². The molecule has 0 radical (unpaired) electrons. The lowest BCUT2D eigenvalue weighted by molar-refractivity contribution is 0.617. The van der Waals surface area contributed by atoms with Crippen LogP contribution in [0.5, 0.6) is 0 Å². The molecule has 0 aliphatic heterocycles. The van der Waals surface area contributed by atoms with Crippen molar-refractivity contribution in [2.45, 2.75) is 6.92 Å². The zero-order chi connectivity index (χ0) is 15.1. The number of rotatable bonds is 2. The SMILES string of the molecule is Cc1cc(-n2cccc2)cc2nc(-c3ccc(Br)cc3)oc12. The standard InChI is InChI=1S/C18H13BrN2O/c1-12-10-15(21-8-2-3-9-21)11-16-17(12)22-18(20-16)13-4-6-14(19)7-5-13/h2-11H,1H3. The van der Waals surface area contributed by atoms with Crippen molar-refractivity contribution in [1.82, 2.24) is 9.55 Å². The minimum atomic E-state index is 0.648. The molecule has 2 aromatic carbocycles. The molecule has 0 unspecified atom stereocenters. The van der Waals surface area contributed by atoms with E-state index >= 15 is 0 Å². The molecule has 0 amide bonds. The summed E-state index contributed by atoms with van der Waals surface area (Å²) in [7, 11) is 0. The molecule has 0 saturated heterocycles. The van der Waals surface area contributed by atoms with Crippen LogP contribution in [0.2, 0.25) is 0 Å². The zero-order valence-electron chi connectivity index (χ0n) is 12.0. The number of aromatic nitrogens is 2. The van der Waals surface area contributed by atoms with Gasteiger partial charge in [-0.3, -0.25) is 0 Å². The fraction of sp³-hybridized carbons (Fsp3) is 0.0556. The first-order valence-corrected chi connectivity index (χ1v) is 7.80. The summed E-state index contributed by atoms with van der Waals surface area (Å²) in [6.07, 6.45) is 4.05. The molecular weight excluding hydrogens is 340 g/mol. The Kier molecular flexibility index (Phi) is 3.12. The first-order chi connectivity index (χ1) is 10.7. The Bertz CT molecular complexity index is 937. The predicted molar refractivity (Wildman–Crippen MR) is 91.2 cm³/mol. The molecule has 0 fully saturated rings. The van der Waals surface area contributed by atoms with Gasteiger partial charge in [-0.2, -0.15) is 0 Å². The van der Waals surface area contributed by atoms with E-state index in [9.17, 15) is 0 Å². The van der Waals surface area contributed by atoms with Crippen LogP contribution in [0.3, 0.4) is 0 Å². The topological polar surface area (TPSA) is 31.0 Å². The van der Waals surface area contributed by atoms with Crippen LogP contribution in [0.1, 0.15) is 5.56 Å².